The molecule has 0 heterocycles. The lowest BCUT2D eigenvalue weighted by atomic mass is 10.1. The topological polar surface area (TPSA) is 52.0 Å². The Labute approximate surface area is 62.6 Å². The quantitative estimate of drug-likeness (QED) is 0.551. The van der Waals surface area contributed by atoms with E-state index in [2.05, 4.69) is 6.58 Å². The second-order valence-corrected chi connectivity index (χ2v) is 2.17. The van der Waals surface area contributed by atoms with Crippen molar-refractivity contribution >= 4 is 0 Å². The van der Waals surface area contributed by atoms with Gasteiger partial charge in [-0.05, 0) is 18.9 Å². The fraction of sp³-hybridized carbons (Fsp3) is 0.500. The Morgan fingerprint density at radius 2 is 2.00 bits per heavy atom. The molecule has 0 spiro atoms. The van der Waals surface area contributed by atoms with Crippen LogP contribution in [0.2, 0.25) is 0 Å². The monoisotopic (exact) mass is 140 g/mol. The summed E-state index contributed by atoms with van der Waals surface area (Å²) in [6, 6.07) is 0. The molecule has 58 valence electrons. The molecule has 4 N–H and O–H groups in total. The van der Waals surface area contributed by atoms with E-state index in [0.717, 1.165) is 6.42 Å². The summed E-state index contributed by atoms with van der Waals surface area (Å²) in [5.41, 5.74) is 10.7. The average Bonchev–Trinajstić information content (AvgIpc) is 1.99. The summed E-state index contributed by atoms with van der Waals surface area (Å²) in [5, 5.41) is 0. The minimum absolute atomic E-state index is 0.405. The van der Waals surface area contributed by atoms with Crippen molar-refractivity contribution in [3.8, 4) is 0 Å². The number of allylic oxidation sites excluding steroid dienone is 1. The molecule has 1 atom stereocenters. The van der Waals surface area contributed by atoms with Crippen molar-refractivity contribution in [3.63, 3.8) is 0 Å². The first kappa shape index (κ1) is 9.40. The fourth-order valence-corrected chi connectivity index (χ4v) is 0.656. The zero-order chi connectivity index (χ0) is 7.82. The van der Waals surface area contributed by atoms with Gasteiger partial charge in [0.15, 0.2) is 0 Å². The molecule has 0 rings (SSSR count). The zero-order valence-corrected chi connectivity index (χ0v) is 6.29. The smallest absolute Gasteiger partial charge is 0.0106 e. The van der Waals surface area contributed by atoms with Gasteiger partial charge in [-0.1, -0.05) is 18.2 Å². The van der Waals surface area contributed by atoms with E-state index in [1.54, 1.807) is 0 Å². The van der Waals surface area contributed by atoms with Crippen LogP contribution in [-0.4, -0.2) is 13.1 Å². The minimum atomic E-state index is 0.405. The summed E-state index contributed by atoms with van der Waals surface area (Å²) in [6.07, 6.45) is 6.81. The molecule has 2 heteroatoms. The molecule has 0 saturated heterocycles. The van der Waals surface area contributed by atoms with Crippen LogP contribution in [0.4, 0.5) is 0 Å². The lowest BCUT2D eigenvalue weighted by Crippen LogP contribution is -2.10. The van der Waals surface area contributed by atoms with E-state index in [9.17, 15) is 0 Å². The van der Waals surface area contributed by atoms with E-state index in [1.807, 2.05) is 18.2 Å². The van der Waals surface area contributed by atoms with Crippen LogP contribution in [0.15, 0.2) is 24.8 Å². The molecular weight excluding hydrogens is 124 g/mol. The van der Waals surface area contributed by atoms with E-state index in [4.69, 9.17) is 11.5 Å². The van der Waals surface area contributed by atoms with Crippen molar-refractivity contribution in [2.75, 3.05) is 13.1 Å². The van der Waals surface area contributed by atoms with E-state index >= 15 is 0 Å². The third kappa shape index (κ3) is 4.30. The zero-order valence-electron chi connectivity index (χ0n) is 6.29. The third-order valence-corrected chi connectivity index (χ3v) is 1.38. The third-order valence-electron chi connectivity index (χ3n) is 1.38. The summed E-state index contributed by atoms with van der Waals surface area (Å²) >= 11 is 0. The molecule has 0 aromatic carbocycles. The second-order valence-electron chi connectivity index (χ2n) is 2.17. The van der Waals surface area contributed by atoms with Crippen LogP contribution in [0.1, 0.15) is 6.42 Å². The van der Waals surface area contributed by atoms with Gasteiger partial charge >= 0.3 is 0 Å². The Bertz CT molecular complexity index is 108. The van der Waals surface area contributed by atoms with Crippen molar-refractivity contribution in [3.05, 3.63) is 24.8 Å². The van der Waals surface area contributed by atoms with Crippen molar-refractivity contribution in [1.29, 1.82) is 0 Å². The van der Waals surface area contributed by atoms with Gasteiger partial charge < -0.3 is 11.5 Å². The predicted molar refractivity (Wildman–Crippen MR) is 45.6 cm³/mol. The van der Waals surface area contributed by atoms with Crippen molar-refractivity contribution in [2.45, 2.75) is 6.42 Å². The maximum Gasteiger partial charge on any atom is 0.0106 e. The highest BCUT2D eigenvalue weighted by Gasteiger charge is 1.95. The molecule has 10 heavy (non-hydrogen) atoms. The van der Waals surface area contributed by atoms with Gasteiger partial charge in [-0.25, -0.2) is 0 Å². The molecule has 2 nitrogen and oxygen atoms in total. The molecule has 0 amide bonds. The SMILES string of the molecule is C=CC(CN)C/C=C/CN. The average molecular weight is 140 g/mol. The van der Waals surface area contributed by atoms with Crippen LogP contribution in [0.25, 0.3) is 0 Å². The fourth-order valence-electron chi connectivity index (χ4n) is 0.656. The number of hydrogen-bond acceptors (Lipinski definition) is 2. The van der Waals surface area contributed by atoms with Crippen LogP contribution in [0.3, 0.4) is 0 Å². The molecule has 0 aliphatic carbocycles. The first-order chi connectivity index (χ1) is 4.85. The second kappa shape index (κ2) is 6.52. The first-order valence-electron chi connectivity index (χ1n) is 3.52. The molecule has 0 fully saturated rings. The van der Waals surface area contributed by atoms with E-state index in [1.165, 1.54) is 0 Å². The molecule has 1 unspecified atom stereocenters. The minimum Gasteiger partial charge on any atom is -0.330 e. The van der Waals surface area contributed by atoms with Crippen molar-refractivity contribution in [1.82, 2.24) is 0 Å². The standard InChI is InChI=1S/C8H16N2/c1-2-8(7-10)5-3-4-6-9/h2-4,8H,1,5-7,9-10H2/b4-3+. The summed E-state index contributed by atoms with van der Waals surface area (Å²) in [6.45, 7) is 4.94. The van der Waals surface area contributed by atoms with Crippen LogP contribution in [-0.2, 0) is 0 Å². The summed E-state index contributed by atoms with van der Waals surface area (Å²) < 4.78 is 0. The Hall–Kier alpha value is -0.600. The number of nitrogens with two attached hydrogens (primary N) is 2. The van der Waals surface area contributed by atoms with Crippen molar-refractivity contribution in [2.24, 2.45) is 17.4 Å². The van der Waals surface area contributed by atoms with Crippen LogP contribution in [0, 0.1) is 5.92 Å². The summed E-state index contributed by atoms with van der Waals surface area (Å²) in [7, 11) is 0. The van der Waals surface area contributed by atoms with E-state index < -0.39 is 0 Å². The van der Waals surface area contributed by atoms with Gasteiger partial charge in [-0.2, -0.15) is 0 Å². The van der Waals surface area contributed by atoms with Gasteiger partial charge in [0, 0.05) is 6.54 Å². The largest absolute Gasteiger partial charge is 0.330 e. The summed E-state index contributed by atoms with van der Waals surface area (Å²) in [4.78, 5) is 0. The molecule has 0 bridgehead atoms. The van der Waals surface area contributed by atoms with Gasteiger partial charge in [0.05, 0.1) is 0 Å². The molecule has 0 aliphatic heterocycles. The van der Waals surface area contributed by atoms with E-state index in [-0.39, 0.29) is 0 Å². The predicted octanol–water partition coefficient (Wildman–Crippen LogP) is 0.652. The Kier molecular flexibility index (Phi) is 6.13. The lowest BCUT2D eigenvalue weighted by Gasteiger charge is -2.03. The lowest BCUT2D eigenvalue weighted by molar-refractivity contribution is 0.676. The maximum absolute atomic E-state index is 5.43. The number of hydrogen-bond donors (Lipinski definition) is 2. The summed E-state index contributed by atoms with van der Waals surface area (Å²) in [5.74, 6) is 0.405. The molecule has 0 aliphatic rings. The van der Waals surface area contributed by atoms with Crippen LogP contribution >= 0.6 is 0 Å². The number of rotatable bonds is 5. The Morgan fingerprint density at radius 1 is 1.30 bits per heavy atom. The van der Waals surface area contributed by atoms with Gasteiger partial charge in [0.1, 0.15) is 0 Å². The molecule has 0 aromatic rings. The molecule has 0 radical (unpaired) electrons. The highest BCUT2D eigenvalue weighted by molar-refractivity contribution is 4.90. The highest BCUT2D eigenvalue weighted by atomic mass is 14.5. The molecule has 0 saturated carbocycles. The van der Waals surface area contributed by atoms with E-state index in [0.29, 0.717) is 19.0 Å². The molecular formula is C8H16N2. The Balaban J connectivity index is 3.43. The van der Waals surface area contributed by atoms with Gasteiger partial charge in [-0.15, -0.1) is 6.58 Å². The normalized spacial score (nSPS) is 13.8. The van der Waals surface area contributed by atoms with Crippen molar-refractivity contribution < 1.29 is 0 Å². The van der Waals surface area contributed by atoms with Gasteiger partial charge in [0.2, 0.25) is 0 Å². The highest BCUT2D eigenvalue weighted by Crippen LogP contribution is 2.01. The van der Waals surface area contributed by atoms with Gasteiger partial charge in [-0.3, -0.25) is 0 Å². The van der Waals surface area contributed by atoms with Crippen LogP contribution < -0.4 is 11.5 Å². The maximum atomic E-state index is 5.43. The van der Waals surface area contributed by atoms with Gasteiger partial charge in [0.25, 0.3) is 0 Å². The first-order valence-corrected chi connectivity index (χ1v) is 3.52. The van der Waals surface area contributed by atoms with Crippen LogP contribution in [0.5, 0.6) is 0 Å². The molecule has 0 aromatic heterocycles. The Morgan fingerprint density at radius 3 is 2.40 bits per heavy atom.